The van der Waals surface area contributed by atoms with Crippen molar-refractivity contribution in [2.45, 2.75) is 39.2 Å². The summed E-state index contributed by atoms with van der Waals surface area (Å²) in [4.78, 5) is 4.14. The summed E-state index contributed by atoms with van der Waals surface area (Å²) in [6, 6.07) is 4.81. The first-order chi connectivity index (χ1) is 9.86. The lowest BCUT2D eigenvalue weighted by molar-refractivity contribution is 0.169. The van der Waals surface area contributed by atoms with E-state index in [0.29, 0.717) is 18.8 Å². The average Bonchev–Trinajstić information content (AvgIpc) is 2.48. The van der Waals surface area contributed by atoms with Crippen LogP contribution in [-0.2, 0) is 10.0 Å². The predicted molar refractivity (Wildman–Crippen MR) is 84.2 cm³/mol. The fourth-order valence-corrected chi connectivity index (χ4v) is 4.25. The Morgan fingerprint density at radius 3 is 2.57 bits per heavy atom. The van der Waals surface area contributed by atoms with Crippen LogP contribution in [0.3, 0.4) is 0 Å². The number of piperidine rings is 1. The van der Waals surface area contributed by atoms with Crippen LogP contribution in [0.2, 0.25) is 0 Å². The number of aromatic nitrogens is 1. The van der Waals surface area contributed by atoms with Gasteiger partial charge in [-0.1, -0.05) is 26.3 Å². The maximum absolute atomic E-state index is 12.5. The summed E-state index contributed by atoms with van der Waals surface area (Å²) in [6.07, 6.45) is 4.56. The molecule has 1 aromatic heterocycles. The molecule has 0 aliphatic carbocycles. The quantitative estimate of drug-likeness (QED) is 0.901. The van der Waals surface area contributed by atoms with Crippen molar-refractivity contribution in [3.05, 3.63) is 30.1 Å². The Balaban J connectivity index is 2.00. The van der Waals surface area contributed by atoms with E-state index in [1.807, 2.05) is 6.07 Å². The van der Waals surface area contributed by atoms with Crippen LogP contribution in [0.4, 0.5) is 0 Å². The number of rotatable bonds is 5. The highest BCUT2D eigenvalue weighted by Gasteiger charge is 2.34. The van der Waals surface area contributed by atoms with E-state index in [0.717, 1.165) is 19.3 Å². The van der Waals surface area contributed by atoms with Crippen molar-refractivity contribution in [3.63, 3.8) is 0 Å². The first-order valence-corrected chi connectivity index (χ1v) is 9.11. The topological polar surface area (TPSA) is 76.3 Å². The highest BCUT2D eigenvalue weighted by molar-refractivity contribution is 7.89. The minimum Gasteiger partial charge on any atom is -0.322 e. The number of pyridine rings is 1. The molecule has 0 spiro atoms. The molecule has 1 aromatic rings. The number of hydrogen-bond donors (Lipinski definition) is 1. The molecule has 0 bridgehead atoms. The van der Waals surface area contributed by atoms with Gasteiger partial charge in [0.15, 0.2) is 0 Å². The molecule has 21 heavy (non-hydrogen) atoms. The Bertz CT molecular complexity index is 552. The molecule has 1 aliphatic heterocycles. The van der Waals surface area contributed by atoms with Crippen molar-refractivity contribution in [1.29, 1.82) is 0 Å². The van der Waals surface area contributed by atoms with Gasteiger partial charge in [0.25, 0.3) is 0 Å². The van der Waals surface area contributed by atoms with Gasteiger partial charge < -0.3 is 5.73 Å². The van der Waals surface area contributed by atoms with Gasteiger partial charge in [-0.05, 0) is 30.4 Å². The third kappa shape index (κ3) is 4.02. The molecule has 1 aliphatic rings. The van der Waals surface area contributed by atoms with E-state index in [4.69, 9.17) is 5.73 Å². The van der Waals surface area contributed by atoms with E-state index in [-0.39, 0.29) is 11.2 Å². The molecule has 2 rings (SSSR count). The molecule has 0 amide bonds. The van der Waals surface area contributed by atoms with Gasteiger partial charge in [-0.3, -0.25) is 4.98 Å². The van der Waals surface area contributed by atoms with Crippen LogP contribution < -0.4 is 5.73 Å². The largest absolute Gasteiger partial charge is 0.322 e. The van der Waals surface area contributed by atoms with Crippen molar-refractivity contribution in [3.8, 4) is 0 Å². The highest BCUT2D eigenvalue weighted by Crippen LogP contribution is 2.35. The molecule has 1 fully saturated rings. The molecule has 1 atom stereocenters. The average molecular weight is 311 g/mol. The van der Waals surface area contributed by atoms with Gasteiger partial charge in [0.05, 0.1) is 17.5 Å². The molecule has 118 valence electrons. The predicted octanol–water partition coefficient (Wildman–Crippen LogP) is 1.92. The molecular formula is C15H25N3O2S. The molecule has 2 heterocycles. The van der Waals surface area contributed by atoms with E-state index in [9.17, 15) is 8.42 Å². The fourth-order valence-electron chi connectivity index (χ4n) is 2.67. The minimum atomic E-state index is -3.32. The number of sulfonamides is 1. The maximum atomic E-state index is 12.5. The molecule has 1 unspecified atom stereocenters. The standard InChI is InChI=1S/C15H25N3O2S/c1-3-15(2)7-10-18(11-8-15)21(19,20)12-13(16)14-6-4-5-9-17-14/h4-6,9,13H,3,7-8,10-12,16H2,1-2H3. The lowest BCUT2D eigenvalue weighted by Gasteiger charge is -2.38. The van der Waals surface area contributed by atoms with Crippen molar-refractivity contribution < 1.29 is 8.42 Å². The summed E-state index contributed by atoms with van der Waals surface area (Å²) >= 11 is 0. The summed E-state index contributed by atoms with van der Waals surface area (Å²) in [6.45, 7) is 5.60. The number of nitrogens with zero attached hydrogens (tertiary/aromatic N) is 2. The minimum absolute atomic E-state index is 0.0765. The zero-order valence-corrected chi connectivity index (χ0v) is 13.6. The lowest BCUT2D eigenvalue weighted by Crippen LogP contribution is -2.44. The summed E-state index contributed by atoms with van der Waals surface area (Å²) in [5.74, 6) is -0.0765. The molecule has 0 radical (unpaired) electrons. The van der Waals surface area contributed by atoms with Gasteiger partial charge in [0, 0.05) is 19.3 Å². The van der Waals surface area contributed by atoms with Crippen LogP contribution in [0.1, 0.15) is 44.8 Å². The van der Waals surface area contributed by atoms with Gasteiger partial charge in [0.1, 0.15) is 0 Å². The molecular weight excluding hydrogens is 286 g/mol. The van der Waals surface area contributed by atoms with Crippen LogP contribution in [-0.4, -0.2) is 36.5 Å². The zero-order valence-electron chi connectivity index (χ0n) is 12.8. The highest BCUT2D eigenvalue weighted by atomic mass is 32.2. The van der Waals surface area contributed by atoms with E-state index in [1.54, 1.807) is 22.6 Å². The molecule has 5 nitrogen and oxygen atoms in total. The first kappa shape index (κ1) is 16.4. The molecule has 1 saturated heterocycles. The third-order valence-corrected chi connectivity index (χ3v) is 6.57. The van der Waals surface area contributed by atoms with Crippen molar-refractivity contribution in [2.24, 2.45) is 11.1 Å². The zero-order chi connectivity index (χ0) is 15.5. The van der Waals surface area contributed by atoms with E-state index < -0.39 is 16.1 Å². The smallest absolute Gasteiger partial charge is 0.216 e. The Morgan fingerprint density at radius 2 is 2.05 bits per heavy atom. The summed E-state index contributed by atoms with van der Waals surface area (Å²) in [5.41, 5.74) is 6.89. The summed E-state index contributed by atoms with van der Waals surface area (Å²) < 4.78 is 26.6. The number of hydrogen-bond acceptors (Lipinski definition) is 4. The van der Waals surface area contributed by atoms with Crippen LogP contribution in [0.15, 0.2) is 24.4 Å². The van der Waals surface area contributed by atoms with Crippen LogP contribution >= 0.6 is 0 Å². The van der Waals surface area contributed by atoms with Gasteiger partial charge in [-0.15, -0.1) is 0 Å². The molecule has 0 aromatic carbocycles. The first-order valence-electron chi connectivity index (χ1n) is 7.51. The van der Waals surface area contributed by atoms with Crippen LogP contribution in [0, 0.1) is 5.41 Å². The number of nitrogens with two attached hydrogens (primary N) is 1. The van der Waals surface area contributed by atoms with E-state index in [2.05, 4.69) is 18.8 Å². The van der Waals surface area contributed by atoms with Gasteiger partial charge in [-0.2, -0.15) is 0 Å². The maximum Gasteiger partial charge on any atom is 0.216 e. The Hall–Kier alpha value is -0.980. The summed E-state index contributed by atoms with van der Waals surface area (Å²) in [5, 5.41) is 0. The van der Waals surface area contributed by atoms with Gasteiger partial charge >= 0.3 is 0 Å². The fraction of sp³-hybridized carbons (Fsp3) is 0.667. The van der Waals surface area contributed by atoms with Crippen LogP contribution in [0.5, 0.6) is 0 Å². The second-order valence-corrected chi connectivity index (χ2v) is 8.22. The van der Waals surface area contributed by atoms with Gasteiger partial charge in [0.2, 0.25) is 10.0 Å². The molecule has 6 heteroatoms. The van der Waals surface area contributed by atoms with Crippen molar-refractivity contribution >= 4 is 10.0 Å². The van der Waals surface area contributed by atoms with Crippen molar-refractivity contribution in [2.75, 3.05) is 18.8 Å². The van der Waals surface area contributed by atoms with E-state index >= 15 is 0 Å². The van der Waals surface area contributed by atoms with Crippen molar-refractivity contribution in [1.82, 2.24) is 9.29 Å². The summed E-state index contributed by atoms with van der Waals surface area (Å²) in [7, 11) is -3.32. The normalized spacial score (nSPS) is 21.1. The van der Waals surface area contributed by atoms with Crippen LogP contribution in [0.25, 0.3) is 0 Å². The van der Waals surface area contributed by atoms with E-state index in [1.165, 1.54) is 0 Å². The monoisotopic (exact) mass is 311 g/mol. The SMILES string of the molecule is CCC1(C)CCN(S(=O)(=O)CC(N)c2ccccn2)CC1. The molecule has 2 N–H and O–H groups in total. The lowest BCUT2D eigenvalue weighted by atomic mass is 9.79. The Morgan fingerprint density at radius 1 is 1.38 bits per heavy atom. The second kappa shape index (κ2) is 6.42. The Labute approximate surface area is 127 Å². The Kier molecular flexibility index (Phi) is 5.01. The van der Waals surface area contributed by atoms with Gasteiger partial charge in [-0.25, -0.2) is 12.7 Å². The molecule has 0 saturated carbocycles. The second-order valence-electron chi connectivity index (χ2n) is 6.20. The third-order valence-electron chi connectivity index (χ3n) is 4.63.